The Morgan fingerprint density at radius 2 is 2.00 bits per heavy atom. The Morgan fingerprint density at radius 3 is 2.44 bits per heavy atom. The highest BCUT2D eigenvalue weighted by atomic mass is 16.2. The minimum atomic E-state index is -0.483. The third kappa shape index (κ3) is 2.79. The van der Waals surface area contributed by atoms with E-state index >= 15 is 0 Å². The minimum absolute atomic E-state index is 0.167. The molecule has 1 heterocycles. The molecule has 0 aliphatic carbocycles. The fourth-order valence-corrected chi connectivity index (χ4v) is 1.18. The number of hydrazone groups is 1. The SMILES string of the molecule is N#CCN(CC#N)C(=O)C1=NNC(=O)CC1. The Hall–Kier alpha value is -2.41. The summed E-state index contributed by atoms with van der Waals surface area (Å²) in [4.78, 5) is 23.6. The molecule has 0 aromatic heterocycles. The van der Waals surface area contributed by atoms with Crippen molar-refractivity contribution < 1.29 is 9.59 Å². The second-order valence-electron chi connectivity index (χ2n) is 3.07. The number of carbonyl (C=O) groups is 2. The number of nitrogens with one attached hydrogen (secondary N) is 1. The van der Waals surface area contributed by atoms with E-state index in [0.29, 0.717) is 0 Å². The van der Waals surface area contributed by atoms with Crippen LogP contribution < -0.4 is 5.43 Å². The molecule has 7 nitrogen and oxygen atoms in total. The number of amides is 2. The molecule has 0 saturated carbocycles. The second kappa shape index (κ2) is 5.47. The van der Waals surface area contributed by atoms with Crippen molar-refractivity contribution in [2.45, 2.75) is 12.8 Å². The minimum Gasteiger partial charge on any atom is -0.311 e. The number of nitrogens with zero attached hydrogens (tertiary/aromatic N) is 4. The molecular weight excluding hydrogens is 210 g/mol. The molecule has 1 rings (SSSR count). The first kappa shape index (κ1) is 11.7. The van der Waals surface area contributed by atoms with Crippen molar-refractivity contribution in [3.05, 3.63) is 0 Å². The predicted molar refractivity (Wildman–Crippen MR) is 52.6 cm³/mol. The Kier molecular flexibility index (Phi) is 3.98. The molecule has 0 aromatic carbocycles. The second-order valence-corrected chi connectivity index (χ2v) is 3.07. The third-order valence-electron chi connectivity index (χ3n) is 1.96. The van der Waals surface area contributed by atoms with Crippen LogP contribution in [0.4, 0.5) is 0 Å². The van der Waals surface area contributed by atoms with E-state index in [1.807, 2.05) is 0 Å². The van der Waals surface area contributed by atoms with Gasteiger partial charge in [-0.15, -0.1) is 0 Å². The Bertz CT molecular complexity index is 399. The Morgan fingerprint density at radius 1 is 1.38 bits per heavy atom. The maximum absolute atomic E-state index is 11.7. The van der Waals surface area contributed by atoms with Crippen LogP contribution in [0.3, 0.4) is 0 Å². The standard InChI is InChI=1S/C9H9N5O2/c10-3-5-14(6-4-11)9(16)7-1-2-8(15)13-12-7/h1-2,5-6H2,(H,13,15). The van der Waals surface area contributed by atoms with Crippen molar-refractivity contribution in [1.82, 2.24) is 10.3 Å². The number of hydrogen-bond acceptors (Lipinski definition) is 5. The highest BCUT2D eigenvalue weighted by Gasteiger charge is 2.23. The molecule has 1 aliphatic rings. The summed E-state index contributed by atoms with van der Waals surface area (Å²) in [5.74, 6) is -0.730. The van der Waals surface area contributed by atoms with Gasteiger partial charge in [-0.25, -0.2) is 5.43 Å². The van der Waals surface area contributed by atoms with E-state index in [9.17, 15) is 9.59 Å². The lowest BCUT2D eigenvalue weighted by Gasteiger charge is -2.18. The van der Waals surface area contributed by atoms with Gasteiger partial charge in [0.1, 0.15) is 18.8 Å². The fourth-order valence-electron chi connectivity index (χ4n) is 1.18. The maximum atomic E-state index is 11.7. The van der Waals surface area contributed by atoms with Crippen molar-refractivity contribution in [2.75, 3.05) is 13.1 Å². The highest BCUT2D eigenvalue weighted by Crippen LogP contribution is 2.03. The topological polar surface area (TPSA) is 109 Å². The molecular formula is C9H9N5O2. The lowest BCUT2D eigenvalue weighted by molar-refractivity contribution is -0.123. The van der Waals surface area contributed by atoms with Gasteiger partial charge < -0.3 is 4.90 Å². The van der Waals surface area contributed by atoms with Crippen LogP contribution in [0.2, 0.25) is 0 Å². The van der Waals surface area contributed by atoms with Gasteiger partial charge in [0.05, 0.1) is 12.1 Å². The number of hydrogen-bond donors (Lipinski definition) is 1. The molecule has 16 heavy (non-hydrogen) atoms. The van der Waals surface area contributed by atoms with Gasteiger partial charge >= 0.3 is 0 Å². The first-order valence-electron chi connectivity index (χ1n) is 4.57. The zero-order chi connectivity index (χ0) is 12.0. The average Bonchev–Trinajstić information content (AvgIpc) is 2.29. The van der Waals surface area contributed by atoms with E-state index in [4.69, 9.17) is 10.5 Å². The first-order valence-corrected chi connectivity index (χ1v) is 4.57. The quantitative estimate of drug-likeness (QED) is 0.622. The summed E-state index contributed by atoms with van der Waals surface area (Å²) in [6, 6.07) is 3.59. The average molecular weight is 219 g/mol. The van der Waals surface area contributed by atoms with Gasteiger partial charge in [0.15, 0.2) is 0 Å². The van der Waals surface area contributed by atoms with Crippen molar-refractivity contribution in [3.63, 3.8) is 0 Å². The molecule has 0 unspecified atom stereocenters. The molecule has 0 spiro atoms. The molecule has 7 heteroatoms. The molecule has 0 fully saturated rings. The van der Waals surface area contributed by atoms with Crippen LogP contribution in [0.1, 0.15) is 12.8 Å². The summed E-state index contributed by atoms with van der Waals surface area (Å²) in [7, 11) is 0. The van der Waals surface area contributed by atoms with Gasteiger partial charge in [-0.3, -0.25) is 9.59 Å². The Labute approximate surface area is 91.9 Å². The smallest absolute Gasteiger partial charge is 0.271 e. The predicted octanol–water partition coefficient (Wildman–Crippen LogP) is -0.872. The molecule has 2 amide bonds. The van der Waals surface area contributed by atoms with Crippen LogP contribution in [0.15, 0.2) is 5.10 Å². The first-order chi connectivity index (χ1) is 7.69. The third-order valence-corrected chi connectivity index (χ3v) is 1.96. The maximum Gasteiger partial charge on any atom is 0.271 e. The van der Waals surface area contributed by atoms with E-state index in [-0.39, 0.29) is 37.6 Å². The van der Waals surface area contributed by atoms with E-state index < -0.39 is 5.91 Å². The van der Waals surface area contributed by atoms with Gasteiger partial charge in [0.2, 0.25) is 5.91 Å². The fraction of sp³-hybridized carbons (Fsp3) is 0.444. The summed E-state index contributed by atoms with van der Waals surface area (Å²) in [5, 5.41) is 20.6. The normalized spacial score (nSPS) is 14.1. The van der Waals surface area contributed by atoms with Crippen LogP contribution in [-0.4, -0.2) is 35.5 Å². The van der Waals surface area contributed by atoms with Crippen molar-refractivity contribution >= 4 is 17.5 Å². The van der Waals surface area contributed by atoms with Crippen LogP contribution in [0.25, 0.3) is 0 Å². The molecule has 0 atom stereocenters. The summed E-state index contributed by atoms with van der Waals surface area (Å²) in [5.41, 5.74) is 2.36. The van der Waals surface area contributed by atoms with Crippen LogP contribution in [-0.2, 0) is 9.59 Å². The molecule has 82 valence electrons. The zero-order valence-electron chi connectivity index (χ0n) is 8.43. The number of rotatable bonds is 3. The van der Waals surface area contributed by atoms with E-state index in [1.54, 1.807) is 12.1 Å². The van der Waals surface area contributed by atoms with Gasteiger partial charge in [0, 0.05) is 12.8 Å². The van der Waals surface area contributed by atoms with Crippen molar-refractivity contribution in [1.29, 1.82) is 10.5 Å². The van der Waals surface area contributed by atoms with E-state index in [0.717, 1.165) is 4.90 Å². The van der Waals surface area contributed by atoms with Crippen molar-refractivity contribution in [3.8, 4) is 12.1 Å². The summed E-state index contributed by atoms with van der Waals surface area (Å²) < 4.78 is 0. The molecule has 1 aliphatic heterocycles. The number of carbonyl (C=O) groups excluding carboxylic acids is 2. The van der Waals surface area contributed by atoms with Gasteiger partial charge in [0.25, 0.3) is 5.91 Å². The molecule has 0 saturated heterocycles. The highest BCUT2D eigenvalue weighted by molar-refractivity contribution is 6.39. The molecule has 1 N–H and O–H groups in total. The molecule has 0 radical (unpaired) electrons. The summed E-state index contributed by atoms with van der Waals surface area (Å²) >= 11 is 0. The van der Waals surface area contributed by atoms with E-state index in [2.05, 4.69) is 10.5 Å². The Balaban J connectivity index is 2.72. The van der Waals surface area contributed by atoms with E-state index in [1.165, 1.54) is 0 Å². The van der Waals surface area contributed by atoms with Crippen molar-refractivity contribution in [2.24, 2.45) is 5.10 Å². The van der Waals surface area contributed by atoms with Gasteiger partial charge in [-0.05, 0) is 0 Å². The number of nitriles is 2. The van der Waals surface area contributed by atoms with Crippen LogP contribution in [0, 0.1) is 22.7 Å². The zero-order valence-corrected chi connectivity index (χ0v) is 8.43. The molecule has 0 aromatic rings. The van der Waals surface area contributed by atoms with Gasteiger partial charge in [-0.1, -0.05) is 0 Å². The van der Waals surface area contributed by atoms with Gasteiger partial charge in [-0.2, -0.15) is 15.6 Å². The van der Waals surface area contributed by atoms with Crippen LogP contribution >= 0.6 is 0 Å². The van der Waals surface area contributed by atoms with Crippen LogP contribution in [0.5, 0.6) is 0 Å². The lowest BCUT2D eigenvalue weighted by atomic mass is 10.1. The molecule has 0 bridgehead atoms. The summed E-state index contributed by atoms with van der Waals surface area (Å²) in [6.45, 7) is -0.335. The summed E-state index contributed by atoms with van der Waals surface area (Å²) in [6.07, 6.45) is 0.426. The monoisotopic (exact) mass is 219 g/mol. The lowest BCUT2D eigenvalue weighted by Crippen LogP contribution is -2.40. The largest absolute Gasteiger partial charge is 0.311 e.